The van der Waals surface area contributed by atoms with Crippen LogP contribution < -0.4 is 15.0 Å². The number of benzene rings is 2. The normalized spacial score (nSPS) is 27.3. The van der Waals surface area contributed by atoms with Crippen LogP contribution in [0.15, 0.2) is 60.7 Å². The number of imide groups is 2. The first kappa shape index (κ1) is 27.9. The molecule has 0 radical (unpaired) electrons. The second-order valence-electron chi connectivity index (χ2n) is 12.2. The molecule has 4 saturated carbocycles. The average molecular weight is 569 g/mol. The lowest BCUT2D eigenvalue weighted by atomic mass is 9.48. The van der Waals surface area contributed by atoms with E-state index in [0.29, 0.717) is 23.4 Å². The monoisotopic (exact) mass is 568 g/mol. The van der Waals surface area contributed by atoms with Gasteiger partial charge in [-0.1, -0.05) is 24.3 Å². The number of nitrogens with one attached hydrogen (secondary N) is 1. The standard InChI is InChI=1S/C34H36N2O6/c1-3-5-25-15-21(6-11-29(25)42-20-30(37)41-4-2)16-28-31(38)35-33(40)36(32(28)39)27-9-7-26(8-10-27)34-17-22-12-23(18-34)14-24(13-22)19-34/h3,6-11,15-16,22-24H,1,4-5,12-14,17-20H2,2H3,(H,35,38,40)/b28-16+. The molecule has 1 N–H and O–H groups in total. The molecule has 4 aliphatic carbocycles. The molecular weight excluding hydrogens is 532 g/mol. The summed E-state index contributed by atoms with van der Waals surface area (Å²) in [7, 11) is 0. The molecular formula is C34H36N2O6. The van der Waals surface area contributed by atoms with Gasteiger partial charge in [0.05, 0.1) is 12.3 Å². The molecule has 8 nitrogen and oxygen atoms in total. The summed E-state index contributed by atoms with van der Waals surface area (Å²) in [5, 5.41) is 2.31. The lowest BCUT2D eigenvalue weighted by molar-refractivity contribution is -0.145. The van der Waals surface area contributed by atoms with Crippen molar-refractivity contribution in [2.45, 2.75) is 57.3 Å². The van der Waals surface area contributed by atoms with E-state index in [1.165, 1.54) is 50.2 Å². The first-order valence-electron chi connectivity index (χ1n) is 14.8. The van der Waals surface area contributed by atoms with Crippen LogP contribution >= 0.6 is 0 Å². The number of anilines is 1. The van der Waals surface area contributed by atoms with Gasteiger partial charge in [-0.05, 0) is 122 Å². The van der Waals surface area contributed by atoms with E-state index in [2.05, 4.69) is 24.0 Å². The van der Waals surface area contributed by atoms with E-state index < -0.39 is 23.8 Å². The van der Waals surface area contributed by atoms with E-state index in [4.69, 9.17) is 9.47 Å². The van der Waals surface area contributed by atoms with Crippen molar-refractivity contribution in [1.29, 1.82) is 0 Å². The van der Waals surface area contributed by atoms with Gasteiger partial charge in [0.2, 0.25) is 0 Å². The molecule has 5 aliphatic rings. The number of ether oxygens (including phenoxy) is 2. The zero-order chi connectivity index (χ0) is 29.4. The topological polar surface area (TPSA) is 102 Å². The van der Waals surface area contributed by atoms with E-state index in [1.54, 1.807) is 31.2 Å². The van der Waals surface area contributed by atoms with Gasteiger partial charge in [-0.25, -0.2) is 14.5 Å². The number of carbonyl (C=O) groups excluding carboxylic acids is 4. The summed E-state index contributed by atoms with van der Waals surface area (Å²) >= 11 is 0. The van der Waals surface area contributed by atoms with Crippen LogP contribution in [0.1, 0.15) is 62.1 Å². The third kappa shape index (κ3) is 5.26. The Morgan fingerprint density at radius 1 is 1.02 bits per heavy atom. The molecule has 1 saturated heterocycles. The van der Waals surface area contributed by atoms with Gasteiger partial charge >= 0.3 is 12.0 Å². The summed E-state index contributed by atoms with van der Waals surface area (Å²) in [5.74, 6) is 1.00. The summed E-state index contributed by atoms with van der Waals surface area (Å²) in [6.45, 7) is 5.52. The Balaban J connectivity index is 1.23. The molecule has 42 heavy (non-hydrogen) atoms. The minimum Gasteiger partial charge on any atom is -0.482 e. The molecule has 5 fully saturated rings. The summed E-state index contributed by atoms with van der Waals surface area (Å²) in [6, 6.07) is 12.1. The molecule has 1 aliphatic heterocycles. The van der Waals surface area contributed by atoms with Crippen molar-refractivity contribution < 1.29 is 28.7 Å². The van der Waals surface area contributed by atoms with Gasteiger partial charge in [-0.2, -0.15) is 0 Å². The fourth-order valence-electron chi connectivity index (χ4n) is 7.97. The number of hydrogen-bond acceptors (Lipinski definition) is 6. The Morgan fingerprint density at radius 3 is 2.31 bits per heavy atom. The number of hydrogen-bond donors (Lipinski definition) is 1. The molecule has 2 aromatic carbocycles. The van der Waals surface area contributed by atoms with Gasteiger partial charge in [0, 0.05) is 0 Å². The molecule has 0 aromatic heterocycles. The average Bonchev–Trinajstić information content (AvgIpc) is 2.95. The second kappa shape index (κ2) is 11.2. The van der Waals surface area contributed by atoms with Crippen molar-refractivity contribution in [3.8, 4) is 5.75 Å². The summed E-state index contributed by atoms with van der Waals surface area (Å²) < 4.78 is 10.5. The fourth-order valence-corrected chi connectivity index (χ4v) is 7.97. The molecule has 0 spiro atoms. The van der Waals surface area contributed by atoms with Crippen LogP contribution in [0.25, 0.3) is 6.08 Å². The zero-order valence-corrected chi connectivity index (χ0v) is 23.9. The Hall–Kier alpha value is -4.20. The van der Waals surface area contributed by atoms with Crippen LogP contribution in [-0.2, 0) is 31.0 Å². The highest BCUT2D eigenvalue weighted by Crippen LogP contribution is 2.60. The summed E-state index contributed by atoms with van der Waals surface area (Å²) in [5.41, 5.74) is 3.07. The van der Waals surface area contributed by atoms with E-state index in [1.807, 2.05) is 12.1 Å². The molecule has 1 heterocycles. The molecule has 8 heteroatoms. The highest BCUT2D eigenvalue weighted by Gasteiger charge is 2.51. The van der Waals surface area contributed by atoms with Gasteiger partial charge in [-0.3, -0.25) is 14.9 Å². The maximum absolute atomic E-state index is 13.6. The number of carbonyl (C=O) groups is 4. The van der Waals surface area contributed by atoms with Crippen molar-refractivity contribution in [2.75, 3.05) is 18.1 Å². The van der Waals surface area contributed by atoms with Crippen molar-refractivity contribution in [3.05, 3.63) is 77.4 Å². The second-order valence-corrected chi connectivity index (χ2v) is 12.2. The number of barbiturate groups is 1. The van der Waals surface area contributed by atoms with Crippen LogP contribution in [0.3, 0.4) is 0 Å². The molecule has 0 atom stereocenters. The van der Waals surface area contributed by atoms with Crippen LogP contribution in [0.4, 0.5) is 10.5 Å². The number of amides is 4. The Morgan fingerprint density at radius 2 is 1.69 bits per heavy atom. The molecule has 218 valence electrons. The highest BCUT2D eigenvalue weighted by molar-refractivity contribution is 6.39. The minimum absolute atomic E-state index is 0.149. The quantitative estimate of drug-likeness (QED) is 0.186. The molecule has 4 amide bonds. The summed E-state index contributed by atoms with van der Waals surface area (Å²) in [4.78, 5) is 52.0. The van der Waals surface area contributed by atoms with Gasteiger partial charge in [0.25, 0.3) is 11.8 Å². The lowest BCUT2D eigenvalue weighted by Gasteiger charge is -2.57. The van der Waals surface area contributed by atoms with Crippen LogP contribution in [0.5, 0.6) is 5.75 Å². The SMILES string of the molecule is C=CCc1cc(/C=C2\C(=O)NC(=O)N(c3ccc(C45CC6CC(CC(C6)C4)C5)cc3)C2=O)ccc1OCC(=O)OCC. The third-order valence-electron chi connectivity index (χ3n) is 9.29. The van der Waals surface area contributed by atoms with Gasteiger partial charge in [-0.15, -0.1) is 6.58 Å². The maximum Gasteiger partial charge on any atom is 0.344 e. The van der Waals surface area contributed by atoms with E-state index in [-0.39, 0.29) is 24.2 Å². The Labute approximate surface area is 245 Å². The van der Waals surface area contributed by atoms with Crippen molar-refractivity contribution in [2.24, 2.45) is 17.8 Å². The fraction of sp³-hybridized carbons (Fsp3) is 0.412. The smallest absolute Gasteiger partial charge is 0.344 e. The van der Waals surface area contributed by atoms with Gasteiger partial charge < -0.3 is 9.47 Å². The Bertz CT molecular complexity index is 1440. The van der Waals surface area contributed by atoms with Crippen LogP contribution in [0.2, 0.25) is 0 Å². The van der Waals surface area contributed by atoms with Crippen LogP contribution in [0, 0.1) is 17.8 Å². The van der Waals surface area contributed by atoms with Crippen molar-refractivity contribution in [3.63, 3.8) is 0 Å². The number of esters is 1. The largest absolute Gasteiger partial charge is 0.482 e. The minimum atomic E-state index is -0.764. The van der Waals surface area contributed by atoms with E-state index in [0.717, 1.165) is 28.2 Å². The summed E-state index contributed by atoms with van der Waals surface area (Å²) in [6.07, 6.45) is 11.4. The number of allylic oxidation sites excluding steroid dienone is 1. The number of urea groups is 1. The van der Waals surface area contributed by atoms with Gasteiger partial charge in [0.1, 0.15) is 11.3 Å². The first-order chi connectivity index (χ1) is 20.3. The van der Waals surface area contributed by atoms with Crippen molar-refractivity contribution in [1.82, 2.24) is 5.32 Å². The van der Waals surface area contributed by atoms with E-state index >= 15 is 0 Å². The maximum atomic E-state index is 13.6. The number of nitrogens with zero attached hydrogens (tertiary/aromatic N) is 1. The molecule has 0 unspecified atom stereocenters. The molecule has 4 bridgehead atoms. The molecule has 7 rings (SSSR count). The lowest BCUT2D eigenvalue weighted by Crippen LogP contribution is -2.54. The van der Waals surface area contributed by atoms with Crippen molar-refractivity contribution >= 4 is 35.6 Å². The predicted molar refractivity (Wildman–Crippen MR) is 158 cm³/mol. The van der Waals surface area contributed by atoms with Gasteiger partial charge in [0.15, 0.2) is 6.61 Å². The van der Waals surface area contributed by atoms with E-state index in [9.17, 15) is 19.2 Å². The predicted octanol–water partition coefficient (Wildman–Crippen LogP) is 5.49. The number of rotatable bonds is 9. The highest BCUT2D eigenvalue weighted by atomic mass is 16.6. The zero-order valence-electron chi connectivity index (χ0n) is 23.9. The Kier molecular flexibility index (Phi) is 7.47. The van der Waals surface area contributed by atoms with Crippen LogP contribution in [-0.4, -0.2) is 37.0 Å². The third-order valence-corrected chi connectivity index (χ3v) is 9.29. The first-order valence-corrected chi connectivity index (χ1v) is 14.8. The molecule has 2 aromatic rings.